The van der Waals surface area contributed by atoms with Gasteiger partial charge in [0.1, 0.15) is 0 Å². The van der Waals surface area contributed by atoms with Crippen molar-refractivity contribution < 1.29 is 19.4 Å². The van der Waals surface area contributed by atoms with Crippen molar-refractivity contribution in [2.45, 2.75) is 19.5 Å². The second kappa shape index (κ2) is 8.09. The summed E-state index contributed by atoms with van der Waals surface area (Å²) in [5.74, 6) is -0.199. The summed E-state index contributed by atoms with van der Waals surface area (Å²) in [6.07, 6.45) is 0.240. The van der Waals surface area contributed by atoms with Gasteiger partial charge in [-0.25, -0.2) is 0 Å². The number of hydrogen-bond acceptors (Lipinski definition) is 2. The Morgan fingerprint density at radius 3 is 2.17 bits per heavy atom. The molecule has 0 spiro atoms. The number of hydrogen-bond donors (Lipinski definition) is 2. The minimum Gasteiger partial charge on any atom is -0.481 e. The average Bonchev–Trinajstić information content (AvgIpc) is 2.55. The van der Waals surface area contributed by atoms with Gasteiger partial charge in [0.05, 0.1) is 12.1 Å². The second-order valence-electron chi connectivity index (χ2n) is 5.86. The van der Waals surface area contributed by atoms with Crippen LogP contribution in [0, 0.1) is 5.92 Å². The third kappa shape index (κ3) is 5.48. The van der Waals surface area contributed by atoms with Crippen LogP contribution < -0.4 is 0 Å². The van der Waals surface area contributed by atoms with Gasteiger partial charge in [-0.15, -0.1) is 0 Å². The predicted molar refractivity (Wildman–Crippen MR) is 95.8 cm³/mol. The first-order chi connectivity index (χ1) is 11.4. The van der Waals surface area contributed by atoms with Crippen molar-refractivity contribution in [3.05, 3.63) is 77.6 Å². The van der Waals surface area contributed by atoms with E-state index in [0.29, 0.717) is 5.57 Å². The molecule has 2 unspecified atom stereocenters. The molecule has 2 atom stereocenters. The lowest BCUT2D eigenvalue weighted by molar-refractivity contribution is -0.140. The Hall–Kier alpha value is -2.16. The van der Waals surface area contributed by atoms with E-state index in [9.17, 15) is 14.3 Å². The molecule has 0 aliphatic heterocycles. The van der Waals surface area contributed by atoms with Crippen LogP contribution in [0.15, 0.2) is 66.5 Å². The molecule has 2 aromatic carbocycles. The van der Waals surface area contributed by atoms with E-state index in [1.54, 1.807) is 19.1 Å². The fourth-order valence-corrected chi connectivity index (χ4v) is 4.02. The van der Waals surface area contributed by atoms with Crippen LogP contribution in [-0.4, -0.2) is 16.0 Å². The number of carboxylic acids is 1. The van der Waals surface area contributed by atoms with Gasteiger partial charge in [0.25, 0.3) is 0 Å². The molecule has 0 fully saturated rings. The fraction of sp³-hybridized carbons (Fsp3) is 0.211. The normalized spacial score (nSPS) is 15.5. The number of rotatable bonds is 7. The van der Waals surface area contributed by atoms with E-state index in [1.807, 2.05) is 48.5 Å². The van der Waals surface area contributed by atoms with Crippen LogP contribution in [-0.2, 0) is 15.5 Å². The smallest absolute Gasteiger partial charge is 0.306 e. The molecular formula is C19H21O4P. The van der Waals surface area contributed by atoms with Crippen LogP contribution in [0.2, 0.25) is 0 Å². The van der Waals surface area contributed by atoms with E-state index in [4.69, 9.17) is 5.11 Å². The standard InChI is InChI=1S/C19H21O4P/c1-15(19(20)21)12-18(17-10-6-3-7-11-17)14-24(22,23)13-16-8-4-2-5-9-16/h2-11,14-15H,12-13H2,1H3,(H,20,21)(H,22,23). The van der Waals surface area contributed by atoms with Crippen LogP contribution >= 0.6 is 7.37 Å². The van der Waals surface area contributed by atoms with E-state index >= 15 is 0 Å². The fourth-order valence-electron chi connectivity index (χ4n) is 2.45. The molecule has 2 rings (SSSR count). The summed E-state index contributed by atoms with van der Waals surface area (Å²) in [5, 5.41) is 9.15. The quantitative estimate of drug-likeness (QED) is 0.719. The van der Waals surface area contributed by atoms with Gasteiger partial charge in [-0.1, -0.05) is 67.6 Å². The molecule has 2 aromatic rings. The molecule has 4 nitrogen and oxygen atoms in total. The van der Waals surface area contributed by atoms with E-state index in [-0.39, 0.29) is 12.6 Å². The van der Waals surface area contributed by atoms with E-state index < -0.39 is 19.3 Å². The van der Waals surface area contributed by atoms with Crippen molar-refractivity contribution in [1.82, 2.24) is 0 Å². The third-order valence-corrected chi connectivity index (χ3v) is 5.24. The monoisotopic (exact) mass is 344 g/mol. The summed E-state index contributed by atoms with van der Waals surface area (Å²) in [4.78, 5) is 21.5. The van der Waals surface area contributed by atoms with Crippen molar-refractivity contribution in [2.75, 3.05) is 0 Å². The minimum atomic E-state index is -3.58. The van der Waals surface area contributed by atoms with Crippen molar-refractivity contribution in [3.8, 4) is 0 Å². The predicted octanol–water partition coefficient (Wildman–Crippen LogP) is 4.61. The Morgan fingerprint density at radius 2 is 1.62 bits per heavy atom. The van der Waals surface area contributed by atoms with Gasteiger partial charge in [0.15, 0.2) is 0 Å². The molecule has 0 aromatic heterocycles. The molecule has 0 saturated heterocycles. The number of aliphatic carboxylic acids is 1. The molecule has 2 N–H and O–H groups in total. The first-order valence-electron chi connectivity index (χ1n) is 7.73. The Balaban J connectivity index is 2.32. The topological polar surface area (TPSA) is 74.6 Å². The third-order valence-electron chi connectivity index (χ3n) is 3.70. The van der Waals surface area contributed by atoms with Crippen molar-refractivity contribution in [3.63, 3.8) is 0 Å². The zero-order valence-electron chi connectivity index (χ0n) is 13.5. The van der Waals surface area contributed by atoms with E-state index in [0.717, 1.165) is 11.1 Å². The summed E-state index contributed by atoms with van der Waals surface area (Å²) in [5.41, 5.74) is 2.14. The highest BCUT2D eigenvalue weighted by Gasteiger charge is 2.21. The molecular weight excluding hydrogens is 323 g/mol. The highest BCUT2D eigenvalue weighted by molar-refractivity contribution is 7.60. The van der Waals surface area contributed by atoms with Crippen molar-refractivity contribution in [2.24, 2.45) is 5.92 Å². The molecule has 0 heterocycles. The highest BCUT2D eigenvalue weighted by Crippen LogP contribution is 2.49. The largest absolute Gasteiger partial charge is 0.481 e. The highest BCUT2D eigenvalue weighted by atomic mass is 31.2. The van der Waals surface area contributed by atoms with E-state index in [2.05, 4.69) is 0 Å². The molecule has 0 radical (unpaired) electrons. The Labute approximate surface area is 141 Å². The van der Waals surface area contributed by atoms with Gasteiger partial charge in [-0.2, -0.15) is 0 Å². The summed E-state index contributed by atoms with van der Waals surface area (Å²) >= 11 is 0. The molecule has 5 heteroatoms. The van der Waals surface area contributed by atoms with Crippen molar-refractivity contribution >= 4 is 18.9 Å². The van der Waals surface area contributed by atoms with Gasteiger partial charge in [0.2, 0.25) is 7.37 Å². The van der Waals surface area contributed by atoms with E-state index in [1.165, 1.54) is 5.82 Å². The maximum absolute atomic E-state index is 12.7. The lowest BCUT2D eigenvalue weighted by Gasteiger charge is -2.14. The molecule has 24 heavy (non-hydrogen) atoms. The van der Waals surface area contributed by atoms with Crippen LogP contribution in [0.5, 0.6) is 0 Å². The SMILES string of the molecule is CC(CC(=CP(=O)(O)Cc1ccccc1)c1ccccc1)C(=O)O. The Kier molecular flexibility index (Phi) is 6.13. The zero-order valence-corrected chi connectivity index (χ0v) is 14.4. The first kappa shape index (κ1) is 18.2. The number of carbonyl (C=O) groups is 1. The Bertz CT molecular complexity index is 753. The lowest BCUT2D eigenvalue weighted by atomic mass is 9.97. The molecule has 0 saturated carbocycles. The number of benzene rings is 2. The summed E-state index contributed by atoms with van der Waals surface area (Å²) in [6.45, 7) is 1.60. The lowest BCUT2D eigenvalue weighted by Crippen LogP contribution is -2.10. The van der Waals surface area contributed by atoms with Gasteiger partial charge in [0, 0.05) is 5.82 Å². The first-order valence-corrected chi connectivity index (χ1v) is 9.64. The van der Waals surface area contributed by atoms with Gasteiger partial charge < -0.3 is 10.00 Å². The number of allylic oxidation sites excluding steroid dienone is 1. The zero-order chi connectivity index (χ0) is 17.6. The van der Waals surface area contributed by atoms with Gasteiger partial charge in [-0.05, 0) is 23.1 Å². The Morgan fingerprint density at radius 1 is 1.08 bits per heavy atom. The molecule has 126 valence electrons. The van der Waals surface area contributed by atoms with Crippen LogP contribution in [0.3, 0.4) is 0 Å². The molecule has 0 bridgehead atoms. The maximum Gasteiger partial charge on any atom is 0.306 e. The van der Waals surface area contributed by atoms with Crippen LogP contribution in [0.25, 0.3) is 5.57 Å². The second-order valence-corrected chi connectivity index (χ2v) is 7.95. The molecule has 0 aliphatic carbocycles. The minimum absolute atomic E-state index is 0.0334. The van der Waals surface area contributed by atoms with Crippen LogP contribution in [0.4, 0.5) is 0 Å². The maximum atomic E-state index is 12.7. The molecule has 0 amide bonds. The number of carboxylic acid groups (broad SMARTS) is 1. The summed E-state index contributed by atoms with van der Waals surface area (Å²) in [6, 6.07) is 18.3. The van der Waals surface area contributed by atoms with Gasteiger partial charge in [-0.3, -0.25) is 9.36 Å². The van der Waals surface area contributed by atoms with Gasteiger partial charge >= 0.3 is 5.97 Å². The van der Waals surface area contributed by atoms with Crippen LogP contribution in [0.1, 0.15) is 24.5 Å². The molecule has 0 aliphatic rings. The summed E-state index contributed by atoms with van der Waals surface area (Å²) < 4.78 is 12.7. The average molecular weight is 344 g/mol. The summed E-state index contributed by atoms with van der Waals surface area (Å²) in [7, 11) is -3.58. The van der Waals surface area contributed by atoms with Crippen molar-refractivity contribution in [1.29, 1.82) is 0 Å².